The number of benzene rings is 1. The number of amides is 2. The van der Waals surface area contributed by atoms with Gasteiger partial charge in [-0.05, 0) is 24.1 Å². The molecule has 0 bridgehead atoms. The Hall–Kier alpha value is -2.25. The van der Waals surface area contributed by atoms with Crippen molar-refractivity contribution < 1.29 is 22.8 Å². The fourth-order valence-electron chi connectivity index (χ4n) is 2.31. The van der Waals surface area contributed by atoms with Gasteiger partial charge in [0.05, 0.1) is 6.42 Å². The summed E-state index contributed by atoms with van der Waals surface area (Å²) >= 11 is 0. The summed E-state index contributed by atoms with van der Waals surface area (Å²) in [7, 11) is 0. The van der Waals surface area contributed by atoms with Crippen molar-refractivity contribution in [2.24, 2.45) is 0 Å². The molecule has 2 amide bonds. The van der Waals surface area contributed by atoms with Crippen molar-refractivity contribution in [3.8, 4) is 0 Å². The van der Waals surface area contributed by atoms with E-state index in [2.05, 4.69) is 5.32 Å². The highest BCUT2D eigenvalue weighted by molar-refractivity contribution is 5.89. The molecule has 5 nitrogen and oxygen atoms in total. The van der Waals surface area contributed by atoms with Crippen LogP contribution in [0.3, 0.4) is 0 Å². The molecule has 1 unspecified atom stereocenters. The second-order valence-electron chi connectivity index (χ2n) is 5.20. The molecule has 3 N–H and O–H groups in total. The molecule has 0 spiro atoms. The predicted molar refractivity (Wildman–Crippen MR) is 73.7 cm³/mol. The first kappa shape index (κ1) is 16.1. The number of halogens is 3. The van der Waals surface area contributed by atoms with Crippen molar-refractivity contribution in [2.75, 3.05) is 18.8 Å². The summed E-state index contributed by atoms with van der Waals surface area (Å²) in [4.78, 5) is 24.4. The number of anilines is 1. The van der Waals surface area contributed by atoms with E-state index in [9.17, 15) is 22.8 Å². The molecule has 1 fully saturated rings. The van der Waals surface area contributed by atoms with E-state index < -0.39 is 30.6 Å². The van der Waals surface area contributed by atoms with Gasteiger partial charge >= 0.3 is 6.18 Å². The van der Waals surface area contributed by atoms with Crippen LogP contribution in [0.4, 0.5) is 18.9 Å². The Labute approximate surface area is 125 Å². The normalized spacial score (nSPS) is 18.6. The molecular weight excluding hydrogens is 299 g/mol. The van der Waals surface area contributed by atoms with Crippen LogP contribution < -0.4 is 11.1 Å². The predicted octanol–water partition coefficient (Wildman–Crippen LogP) is 1.09. The zero-order chi connectivity index (χ0) is 16.3. The van der Waals surface area contributed by atoms with Gasteiger partial charge < -0.3 is 16.0 Å². The lowest BCUT2D eigenvalue weighted by Gasteiger charge is -2.18. The van der Waals surface area contributed by atoms with Gasteiger partial charge in [0.25, 0.3) is 0 Å². The Morgan fingerprint density at radius 2 is 1.95 bits per heavy atom. The van der Waals surface area contributed by atoms with Crippen LogP contribution in [0.1, 0.15) is 12.0 Å². The minimum atomic E-state index is -4.43. The van der Waals surface area contributed by atoms with Crippen LogP contribution in [0.25, 0.3) is 0 Å². The van der Waals surface area contributed by atoms with Crippen molar-refractivity contribution in [1.82, 2.24) is 10.2 Å². The maximum Gasteiger partial charge on any atom is 0.406 e. The van der Waals surface area contributed by atoms with Crippen molar-refractivity contribution in [2.45, 2.75) is 25.1 Å². The Morgan fingerprint density at radius 3 is 2.55 bits per heavy atom. The molecule has 1 aliphatic rings. The summed E-state index contributed by atoms with van der Waals surface area (Å²) in [5.74, 6) is -1.10. The second kappa shape index (κ2) is 6.25. The Balaban J connectivity index is 1.87. The number of nitrogen functional groups attached to an aromatic ring is 1. The molecular formula is C14H16F3N3O2. The Bertz CT molecular complexity index is 557. The van der Waals surface area contributed by atoms with Crippen molar-refractivity contribution in [3.63, 3.8) is 0 Å². The molecule has 1 aromatic carbocycles. The van der Waals surface area contributed by atoms with E-state index in [1.807, 2.05) is 0 Å². The standard InChI is InChI=1S/C14H16F3N3O2/c15-14(16,17)8-20-6-5-11(13(20)22)19-12(21)7-9-1-3-10(18)4-2-9/h1-4,11H,5-8,18H2,(H,19,21). The number of carbonyl (C=O) groups excluding carboxylic acids is 2. The first-order valence-electron chi connectivity index (χ1n) is 6.74. The molecule has 1 aromatic rings. The molecule has 0 radical (unpaired) electrons. The van der Waals surface area contributed by atoms with Gasteiger partial charge in [-0.3, -0.25) is 9.59 Å². The van der Waals surface area contributed by atoms with Crippen LogP contribution in [-0.4, -0.2) is 42.0 Å². The third-order valence-electron chi connectivity index (χ3n) is 3.35. The van der Waals surface area contributed by atoms with E-state index in [0.717, 1.165) is 0 Å². The van der Waals surface area contributed by atoms with Crippen LogP contribution in [-0.2, 0) is 16.0 Å². The first-order chi connectivity index (χ1) is 10.2. The van der Waals surface area contributed by atoms with Gasteiger partial charge in [0.2, 0.25) is 11.8 Å². The highest BCUT2D eigenvalue weighted by atomic mass is 19.4. The number of alkyl halides is 3. The van der Waals surface area contributed by atoms with Crippen LogP contribution in [0.2, 0.25) is 0 Å². The topological polar surface area (TPSA) is 75.4 Å². The number of hydrogen-bond acceptors (Lipinski definition) is 3. The van der Waals surface area contributed by atoms with E-state index >= 15 is 0 Å². The molecule has 1 saturated heterocycles. The van der Waals surface area contributed by atoms with E-state index in [1.54, 1.807) is 24.3 Å². The maximum absolute atomic E-state index is 12.3. The third-order valence-corrected chi connectivity index (χ3v) is 3.35. The third kappa shape index (κ3) is 4.37. The van der Waals surface area contributed by atoms with Gasteiger partial charge in [0, 0.05) is 12.2 Å². The lowest BCUT2D eigenvalue weighted by atomic mass is 10.1. The molecule has 22 heavy (non-hydrogen) atoms. The number of nitrogens with two attached hydrogens (primary N) is 1. The summed E-state index contributed by atoms with van der Waals surface area (Å²) in [6, 6.07) is 5.77. The highest BCUT2D eigenvalue weighted by Crippen LogP contribution is 2.21. The molecule has 1 aliphatic heterocycles. The lowest BCUT2D eigenvalue weighted by Crippen LogP contribution is -2.44. The lowest BCUT2D eigenvalue weighted by molar-refractivity contribution is -0.158. The van der Waals surface area contributed by atoms with Crippen molar-refractivity contribution >= 4 is 17.5 Å². The van der Waals surface area contributed by atoms with Gasteiger partial charge in [-0.15, -0.1) is 0 Å². The van der Waals surface area contributed by atoms with Gasteiger partial charge in [-0.1, -0.05) is 12.1 Å². The van der Waals surface area contributed by atoms with E-state index in [1.165, 1.54) is 0 Å². The van der Waals surface area contributed by atoms with E-state index in [0.29, 0.717) is 16.2 Å². The zero-order valence-corrected chi connectivity index (χ0v) is 11.7. The summed E-state index contributed by atoms with van der Waals surface area (Å²) < 4.78 is 36.9. The van der Waals surface area contributed by atoms with E-state index in [-0.39, 0.29) is 19.4 Å². The van der Waals surface area contributed by atoms with Crippen LogP contribution in [0, 0.1) is 0 Å². The van der Waals surface area contributed by atoms with Gasteiger partial charge in [-0.2, -0.15) is 13.2 Å². The first-order valence-corrected chi connectivity index (χ1v) is 6.74. The molecule has 2 rings (SSSR count). The Morgan fingerprint density at radius 1 is 1.32 bits per heavy atom. The zero-order valence-electron chi connectivity index (χ0n) is 11.7. The summed E-state index contributed by atoms with van der Waals surface area (Å²) in [6.45, 7) is -1.29. The number of nitrogens with one attached hydrogen (secondary N) is 1. The molecule has 1 atom stereocenters. The van der Waals surface area contributed by atoms with Gasteiger partial charge in [0.15, 0.2) is 0 Å². The smallest absolute Gasteiger partial charge is 0.399 e. The quantitative estimate of drug-likeness (QED) is 0.817. The summed E-state index contributed by atoms with van der Waals surface area (Å²) in [5, 5.41) is 2.48. The number of rotatable bonds is 4. The highest BCUT2D eigenvalue weighted by Gasteiger charge is 2.39. The van der Waals surface area contributed by atoms with Crippen LogP contribution in [0.15, 0.2) is 24.3 Å². The van der Waals surface area contributed by atoms with Crippen molar-refractivity contribution in [1.29, 1.82) is 0 Å². The fourth-order valence-corrected chi connectivity index (χ4v) is 2.31. The van der Waals surface area contributed by atoms with Crippen molar-refractivity contribution in [3.05, 3.63) is 29.8 Å². The molecule has 0 saturated carbocycles. The van der Waals surface area contributed by atoms with Crippen LogP contribution in [0.5, 0.6) is 0 Å². The fraction of sp³-hybridized carbons (Fsp3) is 0.429. The maximum atomic E-state index is 12.3. The SMILES string of the molecule is Nc1ccc(CC(=O)NC2CCN(CC(F)(F)F)C2=O)cc1. The number of hydrogen-bond donors (Lipinski definition) is 2. The number of likely N-dealkylation sites (tertiary alicyclic amines) is 1. The average Bonchev–Trinajstić information content (AvgIpc) is 2.72. The monoisotopic (exact) mass is 315 g/mol. The summed E-state index contributed by atoms with van der Waals surface area (Å²) in [6.07, 6.45) is -4.20. The second-order valence-corrected chi connectivity index (χ2v) is 5.20. The molecule has 0 aromatic heterocycles. The summed E-state index contributed by atoms with van der Waals surface area (Å²) in [5.41, 5.74) is 6.81. The van der Waals surface area contributed by atoms with E-state index in [4.69, 9.17) is 5.73 Å². The largest absolute Gasteiger partial charge is 0.406 e. The molecule has 120 valence electrons. The molecule has 1 heterocycles. The van der Waals surface area contributed by atoms with Gasteiger partial charge in [0.1, 0.15) is 12.6 Å². The minimum Gasteiger partial charge on any atom is -0.399 e. The molecule has 0 aliphatic carbocycles. The minimum absolute atomic E-state index is 0.00877. The number of carbonyl (C=O) groups is 2. The Kier molecular flexibility index (Phi) is 4.58. The number of nitrogens with zero attached hydrogens (tertiary/aromatic N) is 1. The van der Waals surface area contributed by atoms with Gasteiger partial charge in [-0.25, -0.2) is 0 Å². The van der Waals surface area contributed by atoms with Crippen LogP contribution >= 0.6 is 0 Å². The molecule has 8 heteroatoms. The average molecular weight is 315 g/mol.